The lowest BCUT2D eigenvalue weighted by Crippen LogP contribution is -2.46. The van der Waals surface area contributed by atoms with E-state index in [1.807, 2.05) is 0 Å². The highest BCUT2D eigenvalue weighted by molar-refractivity contribution is 7.85. The van der Waals surface area contributed by atoms with Crippen LogP contribution in [0.3, 0.4) is 0 Å². The summed E-state index contributed by atoms with van der Waals surface area (Å²) in [6.45, 7) is -2.23. The molecule has 2 unspecified atom stereocenters. The molecule has 2 fully saturated rings. The molecular weight excluding hydrogens is 753 g/mol. The third-order valence-electron chi connectivity index (χ3n) is 6.96. The summed E-state index contributed by atoms with van der Waals surface area (Å²) in [7, 11) is -21.4. The molecule has 2 aliphatic heterocycles. The first kappa shape index (κ1) is 37.8. The highest BCUT2D eigenvalue weighted by atomic mass is 32.2. The summed E-state index contributed by atoms with van der Waals surface area (Å²) in [6, 6.07) is 2.18. The zero-order valence-electron chi connectivity index (χ0n) is 24.1. The maximum Gasteiger partial charge on any atom is 0.478 e. The van der Waals surface area contributed by atoms with Crippen molar-refractivity contribution in [2.75, 3.05) is 18.9 Å². The number of nitrogen functional groups attached to an aromatic ring is 1. The number of phosphoric acid groups is 3. The van der Waals surface area contributed by atoms with Gasteiger partial charge >= 0.3 is 15.6 Å². The van der Waals surface area contributed by atoms with Crippen molar-refractivity contribution in [3.05, 3.63) is 37.2 Å². The van der Waals surface area contributed by atoms with E-state index in [4.69, 9.17) is 15.2 Å². The number of aromatic nitrogens is 5. The van der Waals surface area contributed by atoms with E-state index in [-0.39, 0.29) is 17.0 Å². The first-order valence-corrected chi connectivity index (χ1v) is 19.2. The van der Waals surface area contributed by atoms with Crippen LogP contribution in [0.5, 0.6) is 0 Å². The van der Waals surface area contributed by atoms with Crippen LogP contribution in [0.4, 0.5) is 5.82 Å². The summed E-state index contributed by atoms with van der Waals surface area (Å²) < 4.78 is 99.5. The van der Waals surface area contributed by atoms with E-state index < -0.39 is 101 Å². The Balaban J connectivity index is 1.21. The molecule has 0 saturated carbocycles. The molecule has 0 aliphatic carbocycles. The van der Waals surface area contributed by atoms with Crippen molar-refractivity contribution >= 4 is 50.6 Å². The van der Waals surface area contributed by atoms with Gasteiger partial charge in [0.05, 0.1) is 19.5 Å². The molecule has 5 rings (SSSR count). The standard InChI is InChI=1S/C20H27N6O19P3S/c21-17-12-18(23-7-22-17)26(8-24-12)20-16(44-46(30,31)32)14(28)11(43-20)6-41-48(35,36)45-47(33,34)40-5-10-13(27)15(29)19(42-10)25-3-1-2-9(4-25)49(37,38)39/h1-4,7-8,10-11,13-16,19-20,27-29H,5-6H2,(H6-,21,22,23,30,31,32,33,34,35,36,37,38,39)/t10-,11-,13-,14-,15-,16-,19-,20-/m1/s1. The Morgan fingerprint density at radius 2 is 1.67 bits per heavy atom. The molecule has 10 atom stereocenters. The minimum Gasteiger partial charge on any atom is -0.756 e. The van der Waals surface area contributed by atoms with Gasteiger partial charge in [0, 0.05) is 6.07 Å². The summed E-state index contributed by atoms with van der Waals surface area (Å²) in [4.78, 5) is 52.3. The van der Waals surface area contributed by atoms with Crippen LogP contribution < -0.4 is 15.2 Å². The van der Waals surface area contributed by atoms with Gasteiger partial charge in [0.15, 0.2) is 41.1 Å². The Morgan fingerprint density at radius 1 is 1.00 bits per heavy atom. The van der Waals surface area contributed by atoms with Gasteiger partial charge in [-0.25, -0.2) is 28.4 Å². The lowest BCUT2D eigenvalue weighted by molar-refractivity contribution is -0.767. The predicted octanol–water partition coefficient (Wildman–Crippen LogP) is -3.38. The average Bonchev–Trinajstić information content (AvgIpc) is 3.64. The lowest BCUT2D eigenvalue weighted by atomic mass is 10.1. The monoisotopic (exact) mass is 780 g/mol. The molecule has 25 nitrogen and oxygen atoms in total. The van der Waals surface area contributed by atoms with Gasteiger partial charge in [-0.3, -0.25) is 22.7 Å². The maximum atomic E-state index is 12.5. The normalized spacial score (nSPS) is 30.4. The predicted molar refractivity (Wildman–Crippen MR) is 149 cm³/mol. The lowest BCUT2D eigenvalue weighted by Gasteiger charge is -2.26. The largest absolute Gasteiger partial charge is 0.756 e. The molecule has 0 amide bonds. The van der Waals surface area contributed by atoms with Crippen LogP contribution in [-0.4, -0.2) is 112 Å². The van der Waals surface area contributed by atoms with Crippen molar-refractivity contribution in [3.63, 3.8) is 0 Å². The zero-order valence-corrected chi connectivity index (χ0v) is 27.6. The van der Waals surface area contributed by atoms with E-state index in [2.05, 4.69) is 32.8 Å². The summed E-state index contributed by atoms with van der Waals surface area (Å²) in [5.41, 5.74) is 5.76. The summed E-state index contributed by atoms with van der Waals surface area (Å²) in [5, 5.41) is 31.4. The van der Waals surface area contributed by atoms with Crippen molar-refractivity contribution < 1.29 is 93.5 Å². The van der Waals surface area contributed by atoms with E-state index in [0.29, 0.717) is 0 Å². The molecule has 2 saturated heterocycles. The molecule has 0 spiro atoms. The molecule has 5 heterocycles. The number of rotatable bonds is 13. The SMILES string of the molecule is Nc1ncnc2c1ncn2[C@@H]1O[C@H](COP(=O)(O)OP(=O)([O-])OC[C@H]2O[C@@H]([n+]3cccc(S(=O)(=O)O)c3)[C@H](O)[C@@H]2O)[C@@H](O)[C@H]1OP(=O)(O)O. The van der Waals surface area contributed by atoms with Crippen LogP contribution in [0.1, 0.15) is 12.5 Å². The summed E-state index contributed by atoms with van der Waals surface area (Å²) in [5.74, 6) is -0.0772. The molecule has 3 aromatic rings. The Hall–Kier alpha value is -2.42. The number of phosphoric ester groups is 3. The number of aliphatic hydroxyl groups excluding tert-OH is 3. The Kier molecular flexibility index (Phi) is 10.8. The van der Waals surface area contributed by atoms with Gasteiger partial charge in [-0.2, -0.15) is 13.0 Å². The van der Waals surface area contributed by atoms with Crippen molar-refractivity contribution in [3.8, 4) is 0 Å². The van der Waals surface area contributed by atoms with E-state index in [1.165, 1.54) is 12.3 Å². The number of hydrogen-bond donors (Lipinski definition) is 8. The molecular formula is C20H27N6O19P3S. The Morgan fingerprint density at radius 3 is 2.35 bits per heavy atom. The topological polar surface area (TPSA) is 379 Å². The molecule has 3 aromatic heterocycles. The van der Waals surface area contributed by atoms with Crippen LogP contribution in [0.15, 0.2) is 42.1 Å². The van der Waals surface area contributed by atoms with Crippen molar-refractivity contribution in [1.82, 2.24) is 19.5 Å². The fraction of sp³-hybridized carbons (Fsp3) is 0.500. The van der Waals surface area contributed by atoms with Crippen molar-refractivity contribution in [1.29, 1.82) is 0 Å². The fourth-order valence-electron chi connectivity index (χ4n) is 4.81. The third kappa shape index (κ3) is 8.73. The smallest absolute Gasteiger partial charge is 0.478 e. The van der Waals surface area contributed by atoms with Gasteiger partial charge in [0.1, 0.15) is 42.4 Å². The maximum absolute atomic E-state index is 12.5. The number of nitrogens with zero attached hydrogens (tertiary/aromatic N) is 5. The van der Waals surface area contributed by atoms with E-state index in [1.54, 1.807) is 0 Å². The first-order valence-electron chi connectivity index (χ1n) is 13.3. The fourth-order valence-corrected chi connectivity index (χ4v) is 7.91. The van der Waals surface area contributed by atoms with Gasteiger partial charge in [0.2, 0.25) is 0 Å². The molecule has 2 aliphatic rings. The Bertz CT molecular complexity index is 1950. The molecule has 272 valence electrons. The zero-order chi connectivity index (χ0) is 36.1. The van der Waals surface area contributed by atoms with Crippen LogP contribution in [0.2, 0.25) is 0 Å². The number of nitrogens with two attached hydrogens (primary N) is 1. The van der Waals surface area contributed by atoms with E-state index in [0.717, 1.165) is 34.1 Å². The number of hydrogen-bond acceptors (Lipinski definition) is 19. The molecule has 0 radical (unpaired) electrons. The van der Waals surface area contributed by atoms with Crippen molar-refractivity contribution in [2.24, 2.45) is 0 Å². The quantitative estimate of drug-likeness (QED) is 0.0476. The van der Waals surface area contributed by atoms with Crippen molar-refractivity contribution in [2.45, 2.75) is 54.0 Å². The first-order chi connectivity index (χ1) is 22.7. The van der Waals surface area contributed by atoms with Crippen LogP contribution in [0.25, 0.3) is 11.2 Å². The Labute approximate surface area is 273 Å². The van der Waals surface area contributed by atoms with Crippen LogP contribution >= 0.6 is 23.5 Å². The highest BCUT2D eigenvalue weighted by Crippen LogP contribution is 2.58. The average molecular weight is 780 g/mol. The number of pyridine rings is 1. The van der Waals surface area contributed by atoms with Crippen LogP contribution in [0, 0.1) is 0 Å². The van der Waals surface area contributed by atoms with E-state index in [9.17, 15) is 61.6 Å². The third-order valence-corrected chi connectivity index (χ3v) is 10.9. The minimum atomic E-state index is -5.78. The number of aliphatic hydroxyl groups is 3. The van der Waals surface area contributed by atoms with Gasteiger partial charge in [-0.05, 0) is 6.07 Å². The van der Waals surface area contributed by atoms with Gasteiger partial charge in [-0.1, -0.05) is 0 Å². The second kappa shape index (κ2) is 14.0. The second-order valence-corrected chi connectivity index (χ2v) is 15.9. The highest BCUT2D eigenvalue weighted by Gasteiger charge is 2.51. The van der Waals surface area contributed by atoms with Gasteiger partial charge in [-0.15, -0.1) is 0 Å². The summed E-state index contributed by atoms with van der Waals surface area (Å²) >= 11 is 0. The number of imidazole rings is 1. The number of fused-ring (bicyclic) bond motifs is 1. The number of ether oxygens (including phenoxy) is 2. The molecule has 0 aromatic carbocycles. The minimum absolute atomic E-state index is 0.0217. The molecule has 0 bridgehead atoms. The molecule has 29 heteroatoms. The van der Waals surface area contributed by atoms with E-state index >= 15 is 0 Å². The second-order valence-electron chi connectivity index (χ2n) is 10.3. The molecule has 9 N–H and O–H groups in total. The van der Waals surface area contributed by atoms with Gasteiger partial charge in [0.25, 0.3) is 24.2 Å². The number of anilines is 1. The molecule has 49 heavy (non-hydrogen) atoms. The summed E-state index contributed by atoms with van der Waals surface area (Å²) in [6.07, 6.45) is -9.76. The van der Waals surface area contributed by atoms with Gasteiger partial charge < -0.3 is 54.6 Å². The van der Waals surface area contributed by atoms with Crippen LogP contribution in [-0.2, 0) is 51.2 Å².